The molecule has 2 N–H and O–H groups in total. The number of nitrogens with one attached hydrogen (secondary N) is 2. The van der Waals surface area contributed by atoms with Crippen LogP contribution in [0.2, 0.25) is 0 Å². The Morgan fingerprint density at radius 3 is 2.85 bits per heavy atom. The maximum Gasteiger partial charge on any atom is 0.200 e. The van der Waals surface area contributed by atoms with Crippen LogP contribution in [-0.4, -0.2) is 66.2 Å². The summed E-state index contributed by atoms with van der Waals surface area (Å²) in [7, 11) is 1.70. The molecule has 0 saturated carbocycles. The van der Waals surface area contributed by atoms with Crippen molar-refractivity contribution in [2.75, 3.05) is 56.6 Å². The van der Waals surface area contributed by atoms with Gasteiger partial charge in [0.25, 0.3) is 0 Å². The van der Waals surface area contributed by atoms with Crippen molar-refractivity contribution in [1.82, 2.24) is 19.9 Å². The Kier molecular flexibility index (Phi) is 6.08. The molecule has 8 nitrogen and oxygen atoms in total. The molecule has 0 unspecified atom stereocenters. The van der Waals surface area contributed by atoms with Gasteiger partial charge in [0.05, 0.1) is 18.4 Å². The van der Waals surface area contributed by atoms with Crippen LogP contribution in [0.15, 0.2) is 59.7 Å². The molecule has 0 bridgehead atoms. The van der Waals surface area contributed by atoms with E-state index in [1.807, 2.05) is 24.4 Å². The molecule has 2 aliphatic heterocycles. The van der Waals surface area contributed by atoms with E-state index >= 15 is 0 Å². The lowest BCUT2D eigenvalue weighted by Gasteiger charge is -2.36. The van der Waals surface area contributed by atoms with Gasteiger partial charge in [-0.1, -0.05) is 12.1 Å². The van der Waals surface area contributed by atoms with Crippen molar-refractivity contribution in [3.63, 3.8) is 0 Å². The molecule has 1 aliphatic carbocycles. The zero-order chi connectivity index (χ0) is 22.6. The number of aromatic nitrogens is 3. The quantitative estimate of drug-likeness (QED) is 0.424. The van der Waals surface area contributed by atoms with Gasteiger partial charge >= 0.3 is 0 Å². The highest BCUT2D eigenvalue weighted by molar-refractivity contribution is 5.93. The summed E-state index contributed by atoms with van der Waals surface area (Å²) in [5, 5.41) is 5.65. The van der Waals surface area contributed by atoms with Crippen molar-refractivity contribution < 1.29 is 4.74 Å². The molecule has 0 spiro atoms. The maximum atomic E-state index is 11.8. The van der Waals surface area contributed by atoms with Crippen molar-refractivity contribution >= 4 is 22.5 Å². The van der Waals surface area contributed by atoms with E-state index in [0.717, 1.165) is 62.6 Å². The molecule has 0 amide bonds. The average Bonchev–Trinajstić information content (AvgIpc) is 2.86. The zero-order valence-corrected chi connectivity index (χ0v) is 18.8. The van der Waals surface area contributed by atoms with E-state index in [-0.39, 0.29) is 5.43 Å². The van der Waals surface area contributed by atoms with Crippen LogP contribution in [-0.2, 0) is 0 Å². The van der Waals surface area contributed by atoms with Crippen LogP contribution < -0.4 is 20.4 Å². The summed E-state index contributed by atoms with van der Waals surface area (Å²) >= 11 is 0. The normalized spacial score (nSPS) is 14.6. The van der Waals surface area contributed by atoms with Crippen LogP contribution in [0.5, 0.6) is 5.75 Å². The highest BCUT2D eigenvalue weighted by atomic mass is 16.5. The lowest BCUT2D eigenvalue weighted by Crippen LogP contribution is -2.47. The topological polar surface area (TPSA) is 86.4 Å². The van der Waals surface area contributed by atoms with Crippen LogP contribution in [0.25, 0.3) is 22.0 Å². The highest BCUT2D eigenvalue weighted by Gasteiger charge is 2.19. The largest absolute Gasteiger partial charge is 0.497 e. The summed E-state index contributed by atoms with van der Waals surface area (Å²) in [5.74, 6) is 2.58. The lowest BCUT2D eigenvalue weighted by atomic mass is 10.1. The summed E-state index contributed by atoms with van der Waals surface area (Å²) in [4.78, 5) is 29.0. The van der Waals surface area contributed by atoms with Crippen LogP contribution in [0.4, 0.5) is 11.8 Å². The number of benzene rings is 2. The Balaban J connectivity index is 1.13. The van der Waals surface area contributed by atoms with Crippen LogP contribution in [0, 0.1) is 0 Å². The minimum atomic E-state index is -0.0141. The molecule has 1 aromatic heterocycles. The minimum Gasteiger partial charge on any atom is -0.497 e. The van der Waals surface area contributed by atoms with E-state index in [0.29, 0.717) is 17.2 Å². The fraction of sp³-hybridized carbons (Fsp3) is 0.320. The number of hydrogen-bond donors (Lipinski definition) is 2. The standard InChI is InChI=1S/C25H28N6O2/c1-33-19-7-6-18-8-10-26-24(20(18)16-19)31-14-12-30(13-15-31)11-3-9-27-25-28-17-21-22(29-25)4-2-5-23(21)32/h2,4-8,10,16-17H,3,9,11-15H2,1H3,(H2,27,28,29). The van der Waals surface area contributed by atoms with Crippen LogP contribution >= 0.6 is 0 Å². The fourth-order valence-corrected chi connectivity index (χ4v) is 4.36. The molecule has 2 aromatic rings. The first-order valence-corrected chi connectivity index (χ1v) is 11.3. The molecule has 3 aliphatic rings. The van der Waals surface area contributed by atoms with Crippen LogP contribution in [0.3, 0.4) is 0 Å². The predicted molar refractivity (Wildman–Crippen MR) is 132 cm³/mol. The van der Waals surface area contributed by atoms with Gasteiger partial charge in [0, 0.05) is 50.5 Å². The average molecular weight is 445 g/mol. The van der Waals surface area contributed by atoms with Gasteiger partial charge in [-0.3, -0.25) is 9.69 Å². The lowest BCUT2D eigenvalue weighted by molar-refractivity contribution is 0.257. The number of fused-ring (bicyclic) bond motifs is 2. The summed E-state index contributed by atoms with van der Waals surface area (Å²) in [5.41, 5.74) is 1.30. The molecule has 0 radical (unpaired) electrons. The maximum absolute atomic E-state index is 11.8. The molecular weight excluding hydrogens is 416 g/mol. The van der Waals surface area contributed by atoms with Gasteiger partial charge in [-0.15, -0.1) is 0 Å². The van der Waals surface area contributed by atoms with Gasteiger partial charge in [0.1, 0.15) is 11.6 Å². The molecule has 8 heteroatoms. The van der Waals surface area contributed by atoms with Crippen molar-refractivity contribution in [1.29, 1.82) is 0 Å². The molecule has 3 heterocycles. The number of nitrogens with zero attached hydrogens (tertiary/aromatic N) is 4. The molecular formula is C25H28N6O2. The van der Waals surface area contributed by atoms with Gasteiger partial charge in [0.15, 0.2) is 5.43 Å². The molecule has 1 saturated heterocycles. The Bertz CT molecular complexity index is 1270. The minimum absolute atomic E-state index is 0.0141. The first-order chi connectivity index (χ1) is 16.2. The van der Waals surface area contributed by atoms with E-state index in [9.17, 15) is 4.79 Å². The third kappa shape index (κ3) is 4.61. The number of methoxy groups -OCH3 is 1. The summed E-state index contributed by atoms with van der Waals surface area (Å²) in [6, 6.07) is 13.3. The number of H-pyrrole nitrogens is 1. The Morgan fingerprint density at radius 2 is 2.00 bits per heavy atom. The molecule has 170 valence electrons. The van der Waals surface area contributed by atoms with E-state index in [1.54, 1.807) is 25.4 Å². The van der Waals surface area contributed by atoms with Gasteiger partial charge in [0.2, 0.25) is 5.95 Å². The number of rotatable bonds is 7. The van der Waals surface area contributed by atoms with E-state index < -0.39 is 0 Å². The van der Waals surface area contributed by atoms with Crippen LogP contribution in [0.1, 0.15) is 6.42 Å². The Hall–Kier alpha value is -3.65. The Labute approximate surface area is 192 Å². The molecule has 0 atom stereocenters. The molecule has 33 heavy (non-hydrogen) atoms. The first-order valence-electron chi connectivity index (χ1n) is 11.3. The number of aromatic amines is 1. The second-order valence-corrected chi connectivity index (χ2v) is 8.27. The van der Waals surface area contributed by atoms with E-state index in [2.05, 4.69) is 42.2 Å². The molecule has 5 rings (SSSR count). The number of pyridine rings is 1. The van der Waals surface area contributed by atoms with E-state index in [4.69, 9.17) is 4.74 Å². The summed E-state index contributed by atoms with van der Waals surface area (Å²) < 4.78 is 5.41. The van der Waals surface area contributed by atoms with Crippen molar-refractivity contribution in [3.05, 3.63) is 65.1 Å². The van der Waals surface area contributed by atoms with Gasteiger partial charge in [-0.2, -0.15) is 0 Å². The molecule has 1 fully saturated rings. The summed E-state index contributed by atoms with van der Waals surface area (Å²) in [6.07, 6.45) is 4.62. The highest BCUT2D eigenvalue weighted by Crippen LogP contribution is 2.28. The first kappa shape index (κ1) is 21.2. The second-order valence-electron chi connectivity index (χ2n) is 8.27. The number of hydrogen-bond acceptors (Lipinski definition) is 7. The Morgan fingerprint density at radius 1 is 1.12 bits per heavy atom. The summed E-state index contributed by atoms with van der Waals surface area (Å²) in [6.45, 7) is 5.76. The van der Waals surface area contributed by atoms with Crippen molar-refractivity contribution in [3.8, 4) is 17.0 Å². The number of piperazine rings is 1. The van der Waals surface area contributed by atoms with Gasteiger partial charge < -0.3 is 19.9 Å². The number of ether oxygens (including phenoxy) is 1. The second kappa shape index (κ2) is 9.46. The predicted octanol–water partition coefficient (Wildman–Crippen LogP) is 3.06. The van der Waals surface area contributed by atoms with Crippen molar-refractivity contribution in [2.24, 2.45) is 0 Å². The SMILES string of the molecule is COc1ccc2ccnc(N3CCN(CCCNc4nc5cccc(=O)c-5c[nH]4)CC3)c2c1. The van der Waals surface area contributed by atoms with Gasteiger partial charge in [-0.05, 0) is 48.7 Å². The fourth-order valence-electron chi connectivity index (χ4n) is 4.36. The third-order valence-electron chi connectivity index (χ3n) is 6.20. The van der Waals surface area contributed by atoms with Crippen molar-refractivity contribution in [2.45, 2.75) is 6.42 Å². The zero-order valence-electron chi connectivity index (χ0n) is 18.8. The monoisotopic (exact) mass is 444 g/mol. The molecule has 1 aromatic carbocycles. The third-order valence-corrected chi connectivity index (χ3v) is 6.20. The number of anilines is 2. The smallest absolute Gasteiger partial charge is 0.200 e. The van der Waals surface area contributed by atoms with E-state index in [1.165, 1.54) is 5.39 Å². The van der Waals surface area contributed by atoms with Gasteiger partial charge in [-0.25, -0.2) is 9.97 Å².